The summed E-state index contributed by atoms with van der Waals surface area (Å²) >= 11 is 0. The molecule has 5 nitrogen and oxygen atoms in total. The highest BCUT2D eigenvalue weighted by atomic mass is 16.7. The Bertz CT molecular complexity index is 580. The van der Waals surface area contributed by atoms with E-state index in [0.29, 0.717) is 31.9 Å². The largest absolute Gasteiger partial charge is 0.494 e. The molecule has 0 N–H and O–H groups in total. The van der Waals surface area contributed by atoms with Crippen molar-refractivity contribution >= 4 is 18.5 Å². The molecule has 2 heterocycles. The van der Waals surface area contributed by atoms with Crippen LogP contribution in [0.4, 0.5) is 0 Å². The molecular weight excluding hydrogens is 293 g/mol. The highest BCUT2D eigenvalue weighted by molar-refractivity contribution is 6.62. The lowest BCUT2D eigenvalue weighted by Gasteiger charge is -2.32. The topological polar surface area (TPSA) is 48.0 Å². The number of morpholine rings is 1. The first-order valence-corrected chi connectivity index (χ1v) is 8.13. The van der Waals surface area contributed by atoms with Gasteiger partial charge in [-0.15, -0.1) is 0 Å². The third kappa shape index (κ3) is 3.16. The first-order valence-electron chi connectivity index (χ1n) is 8.13. The molecule has 2 aliphatic heterocycles. The fraction of sp³-hybridized carbons (Fsp3) is 0.588. The lowest BCUT2D eigenvalue weighted by Crippen LogP contribution is -2.41. The molecule has 3 rings (SSSR count). The predicted octanol–water partition coefficient (Wildman–Crippen LogP) is 1.46. The predicted molar refractivity (Wildman–Crippen MR) is 88.9 cm³/mol. The van der Waals surface area contributed by atoms with Crippen LogP contribution in [0.25, 0.3) is 0 Å². The molecule has 2 aliphatic rings. The minimum atomic E-state index is -0.447. The standard InChI is InChI=1S/C17H24BNO4/c1-16(2)17(3,4)23-18(22-16)14-7-5-6-13(12-14)15(20)19-8-10-21-11-9-19/h5-7,12H,8-11H2,1-4H3. The fourth-order valence-corrected chi connectivity index (χ4v) is 2.75. The van der Waals surface area contributed by atoms with Gasteiger partial charge in [0.15, 0.2) is 0 Å². The Labute approximate surface area is 138 Å². The maximum atomic E-state index is 12.6. The van der Waals surface area contributed by atoms with Crippen LogP contribution >= 0.6 is 0 Å². The molecule has 2 fully saturated rings. The number of hydrogen-bond donors (Lipinski definition) is 0. The van der Waals surface area contributed by atoms with Gasteiger partial charge in [-0.1, -0.05) is 12.1 Å². The van der Waals surface area contributed by atoms with Gasteiger partial charge in [-0.2, -0.15) is 0 Å². The third-order valence-electron chi connectivity index (χ3n) is 4.96. The Morgan fingerprint density at radius 1 is 1.09 bits per heavy atom. The third-order valence-corrected chi connectivity index (χ3v) is 4.96. The molecule has 0 saturated carbocycles. The summed E-state index contributed by atoms with van der Waals surface area (Å²) in [6.07, 6.45) is 0. The summed E-state index contributed by atoms with van der Waals surface area (Å²) in [6, 6.07) is 7.54. The van der Waals surface area contributed by atoms with Crippen LogP contribution in [0.15, 0.2) is 24.3 Å². The van der Waals surface area contributed by atoms with Crippen LogP contribution < -0.4 is 5.46 Å². The number of nitrogens with zero attached hydrogens (tertiary/aromatic N) is 1. The maximum Gasteiger partial charge on any atom is 0.494 e. The summed E-state index contributed by atoms with van der Waals surface area (Å²) < 4.78 is 17.4. The summed E-state index contributed by atoms with van der Waals surface area (Å²) in [7, 11) is -0.447. The van der Waals surface area contributed by atoms with Gasteiger partial charge in [0.2, 0.25) is 0 Å². The van der Waals surface area contributed by atoms with Crippen LogP contribution in [-0.2, 0) is 14.0 Å². The molecule has 0 atom stereocenters. The molecule has 0 unspecified atom stereocenters. The number of rotatable bonds is 2. The lowest BCUT2D eigenvalue weighted by atomic mass is 9.78. The zero-order valence-electron chi connectivity index (χ0n) is 14.3. The Hall–Kier alpha value is -1.37. The monoisotopic (exact) mass is 317 g/mol. The van der Waals surface area contributed by atoms with E-state index in [4.69, 9.17) is 14.0 Å². The Balaban J connectivity index is 1.79. The number of hydrogen-bond acceptors (Lipinski definition) is 4. The molecule has 0 spiro atoms. The van der Waals surface area contributed by atoms with Gasteiger partial charge in [0.05, 0.1) is 24.4 Å². The molecular formula is C17H24BNO4. The Morgan fingerprint density at radius 3 is 2.30 bits per heavy atom. The summed E-state index contributed by atoms with van der Waals surface area (Å²) in [5.74, 6) is 0.0340. The van der Waals surface area contributed by atoms with E-state index in [2.05, 4.69) is 0 Å². The van der Waals surface area contributed by atoms with Crippen LogP contribution in [0, 0.1) is 0 Å². The zero-order valence-corrected chi connectivity index (χ0v) is 14.3. The van der Waals surface area contributed by atoms with Crippen molar-refractivity contribution in [2.24, 2.45) is 0 Å². The van der Waals surface area contributed by atoms with E-state index in [1.54, 1.807) is 0 Å². The minimum absolute atomic E-state index is 0.0340. The molecule has 2 saturated heterocycles. The van der Waals surface area contributed by atoms with E-state index in [1.807, 2.05) is 56.9 Å². The van der Waals surface area contributed by atoms with Gasteiger partial charge in [-0.25, -0.2) is 0 Å². The van der Waals surface area contributed by atoms with Crippen LogP contribution in [0.2, 0.25) is 0 Å². The van der Waals surface area contributed by atoms with E-state index < -0.39 is 7.12 Å². The van der Waals surface area contributed by atoms with Crippen molar-refractivity contribution in [3.8, 4) is 0 Å². The van der Waals surface area contributed by atoms with Crippen LogP contribution in [0.5, 0.6) is 0 Å². The molecule has 0 aliphatic carbocycles. The van der Waals surface area contributed by atoms with Crippen LogP contribution in [0.3, 0.4) is 0 Å². The molecule has 1 aromatic carbocycles. The van der Waals surface area contributed by atoms with Crippen molar-refractivity contribution in [1.29, 1.82) is 0 Å². The number of ether oxygens (including phenoxy) is 1. The Morgan fingerprint density at radius 2 is 1.70 bits per heavy atom. The normalized spacial score (nSPS) is 23.1. The zero-order chi connectivity index (χ0) is 16.7. The first-order chi connectivity index (χ1) is 10.8. The molecule has 1 amide bonds. The smallest absolute Gasteiger partial charge is 0.399 e. The number of amides is 1. The average molecular weight is 317 g/mol. The molecule has 6 heteroatoms. The van der Waals surface area contributed by atoms with Crippen molar-refractivity contribution in [2.45, 2.75) is 38.9 Å². The second kappa shape index (κ2) is 5.93. The van der Waals surface area contributed by atoms with Gasteiger partial charge in [0.1, 0.15) is 0 Å². The molecule has 1 aromatic rings. The van der Waals surface area contributed by atoms with Gasteiger partial charge in [0, 0.05) is 18.7 Å². The minimum Gasteiger partial charge on any atom is -0.399 e. The van der Waals surface area contributed by atoms with Gasteiger partial charge in [-0.3, -0.25) is 4.79 Å². The highest BCUT2D eigenvalue weighted by Crippen LogP contribution is 2.36. The van der Waals surface area contributed by atoms with Crippen molar-refractivity contribution in [1.82, 2.24) is 4.90 Å². The maximum absolute atomic E-state index is 12.6. The van der Waals surface area contributed by atoms with Crippen molar-refractivity contribution < 1.29 is 18.8 Å². The molecule has 23 heavy (non-hydrogen) atoms. The molecule has 0 radical (unpaired) electrons. The molecule has 0 aromatic heterocycles. The van der Waals surface area contributed by atoms with Crippen molar-refractivity contribution in [3.05, 3.63) is 29.8 Å². The van der Waals surface area contributed by atoms with E-state index in [0.717, 1.165) is 5.46 Å². The van der Waals surface area contributed by atoms with Gasteiger partial charge < -0.3 is 18.9 Å². The lowest BCUT2D eigenvalue weighted by molar-refractivity contribution is 0.00578. The first kappa shape index (κ1) is 16.5. The Kier molecular flexibility index (Phi) is 4.25. The van der Waals surface area contributed by atoms with E-state index in [9.17, 15) is 4.79 Å². The second-order valence-corrected chi connectivity index (χ2v) is 7.12. The quantitative estimate of drug-likeness (QED) is 0.775. The van der Waals surface area contributed by atoms with Crippen LogP contribution in [0.1, 0.15) is 38.1 Å². The summed E-state index contributed by atoms with van der Waals surface area (Å²) in [5.41, 5.74) is 0.769. The highest BCUT2D eigenvalue weighted by Gasteiger charge is 2.51. The summed E-state index contributed by atoms with van der Waals surface area (Å²) in [4.78, 5) is 14.4. The van der Waals surface area contributed by atoms with Gasteiger partial charge in [0.25, 0.3) is 5.91 Å². The van der Waals surface area contributed by atoms with E-state index in [-0.39, 0.29) is 17.1 Å². The summed E-state index contributed by atoms with van der Waals surface area (Å²) in [6.45, 7) is 10.6. The number of carbonyl (C=O) groups excluding carboxylic acids is 1. The summed E-state index contributed by atoms with van der Waals surface area (Å²) in [5, 5.41) is 0. The molecule has 0 bridgehead atoms. The van der Waals surface area contributed by atoms with E-state index >= 15 is 0 Å². The van der Waals surface area contributed by atoms with E-state index in [1.165, 1.54) is 0 Å². The average Bonchev–Trinajstić information content (AvgIpc) is 2.76. The fourth-order valence-electron chi connectivity index (χ4n) is 2.75. The second-order valence-electron chi connectivity index (χ2n) is 7.12. The van der Waals surface area contributed by atoms with Crippen LogP contribution in [-0.4, -0.2) is 55.4 Å². The van der Waals surface area contributed by atoms with Crippen molar-refractivity contribution in [2.75, 3.05) is 26.3 Å². The van der Waals surface area contributed by atoms with Gasteiger partial charge >= 0.3 is 7.12 Å². The SMILES string of the molecule is CC1(C)OB(c2cccc(C(=O)N3CCOCC3)c2)OC1(C)C. The van der Waals surface area contributed by atoms with Gasteiger partial charge in [-0.05, 0) is 45.3 Å². The van der Waals surface area contributed by atoms with Crippen molar-refractivity contribution in [3.63, 3.8) is 0 Å². The number of carbonyl (C=O) groups is 1. The molecule has 124 valence electrons. The number of benzene rings is 1.